The molecule has 4 heteroatoms. The van der Waals surface area contributed by atoms with Crippen LogP contribution in [0.4, 0.5) is 4.39 Å². The van der Waals surface area contributed by atoms with Crippen molar-refractivity contribution in [1.82, 2.24) is 9.55 Å². The maximum absolute atomic E-state index is 13.6. The summed E-state index contributed by atoms with van der Waals surface area (Å²) in [5.74, 6) is 0.287. The van der Waals surface area contributed by atoms with Crippen LogP contribution in [0.3, 0.4) is 0 Å². The van der Waals surface area contributed by atoms with Gasteiger partial charge in [0, 0.05) is 22.9 Å². The second-order valence-electron chi connectivity index (χ2n) is 4.95. The molecular formula is C15H15FN2S. The summed E-state index contributed by atoms with van der Waals surface area (Å²) in [5, 5.41) is 3.90. The number of hydrogen-bond donors (Lipinski definition) is 0. The van der Waals surface area contributed by atoms with E-state index >= 15 is 0 Å². The Labute approximate surface area is 115 Å². The van der Waals surface area contributed by atoms with Gasteiger partial charge in [-0.05, 0) is 18.2 Å². The Kier molecular flexibility index (Phi) is 3.11. The molecular weight excluding hydrogens is 259 g/mol. The number of rotatable bonds is 3. The van der Waals surface area contributed by atoms with Gasteiger partial charge in [-0.2, -0.15) is 0 Å². The number of halogens is 1. The average molecular weight is 274 g/mol. The normalized spacial score (nSPS) is 11.6. The van der Waals surface area contributed by atoms with Crippen molar-refractivity contribution in [3.05, 3.63) is 52.4 Å². The molecule has 0 spiro atoms. The van der Waals surface area contributed by atoms with Crippen LogP contribution >= 0.6 is 11.3 Å². The van der Waals surface area contributed by atoms with Crippen molar-refractivity contribution in [3.63, 3.8) is 0 Å². The van der Waals surface area contributed by atoms with E-state index in [2.05, 4.69) is 24.2 Å². The standard InChI is InChI=1S/C15H15FN2S/c1-10(2)15-17-11(9-19-15)8-18-7-6-12-13(16)4-3-5-14(12)18/h3-7,9-10H,8H2,1-2H3. The third-order valence-corrected chi connectivity index (χ3v) is 4.35. The van der Waals surface area contributed by atoms with Crippen molar-refractivity contribution in [2.45, 2.75) is 26.3 Å². The Morgan fingerprint density at radius 1 is 1.32 bits per heavy atom. The molecule has 0 aliphatic rings. The first-order chi connectivity index (χ1) is 9.15. The van der Waals surface area contributed by atoms with Crippen LogP contribution in [-0.4, -0.2) is 9.55 Å². The lowest BCUT2D eigenvalue weighted by Gasteiger charge is -2.03. The molecule has 3 aromatic rings. The van der Waals surface area contributed by atoms with Crippen molar-refractivity contribution in [2.24, 2.45) is 0 Å². The number of fused-ring (bicyclic) bond motifs is 1. The lowest BCUT2D eigenvalue weighted by atomic mass is 10.2. The van der Waals surface area contributed by atoms with E-state index in [9.17, 15) is 4.39 Å². The number of thiazole rings is 1. The fourth-order valence-corrected chi connectivity index (χ4v) is 2.98. The summed E-state index contributed by atoms with van der Waals surface area (Å²) >= 11 is 1.69. The van der Waals surface area contributed by atoms with Crippen LogP contribution in [0.1, 0.15) is 30.5 Å². The van der Waals surface area contributed by atoms with Crippen molar-refractivity contribution in [2.75, 3.05) is 0 Å². The van der Waals surface area contributed by atoms with E-state index < -0.39 is 0 Å². The van der Waals surface area contributed by atoms with Gasteiger partial charge in [-0.15, -0.1) is 11.3 Å². The molecule has 1 aromatic carbocycles. The summed E-state index contributed by atoms with van der Waals surface area (Å²) in [7, 11) is 0. The Bertz CT molecular complexity index is 712. The fourth-order valence-electron chi connectivity index (χ4n) is 2.16. The highest BCUT2D eigenvalue weighted by Gasteiger charge is 2.09. The Hall–Kier alpha value is -1.68. The molecule has 0 unspecified atom stereocenters. The van der Waals surface area contributed by atoms with Gasteiger partial charge in [0.1, 0.15) is 5.82 Å². The molecule has 0 radical (unpaired) electrons. The Morgan fingerprint density at radius 3 is 2.89 bits per heavy atom. The number of nitrogens with zero attached hydrogens (tertiary/aromatic N) is 2. The van der Waals surface area contributed by atoms with Crippen LogP contribution in [0.15, 0.2) is 35.8 Å². The van der Waals surface area contributed by atoms with E-state index in [4.69, 9.17) is 0 Å². The molecule has 0 saturated heterocycles. The number of benzene rings is 1. The van der Waals surface area contributed by atoms with Crippen LogP contribution in [0.25, 0.3) is 10.9 Å². The third kappa shape index (κ3) is 2.28. The molecule has 0 bridgehead atoms. The SMILES string of the molecule is CC(C)c1nc(Cn2ccc3c(F)cccc32)cs1. The Balaban J connectivity index is 1.94. The van der Waals surface area contributed by atoms with Crippen LogP contribution in [0.2, 0.25) is 0 Å². The minimum atomic E-state index is -0.169. The van der Waals surface area contributed by atoms with Gasteiger partial charge in [0.15, 0.2) is 0 Å². The van der Waals surface area contributed by atoms with Gasteiger partial charge in [0.2, 0.25) is 0 Å². The quantitative estimate of drug-likeness (QED) is 0.692. The maximum atomic E-state index is 13.6. The highest BCUT2D eigenvalue weighted by molar-refractivity contribution is 7.09. The van der Waals surface area contributed by atoms with E-state index in [-0.39, 0.29) is 5.82 Å². The van der Waals surface area contributed by atoms with Gasteiger partial charge in [-0.3, -0.25) is 0 Å². The highest BCUT2D eigenvalue weighted by Crippen LogP contribution is 2.22. The van der Waals surface area contributed by atoms with Gasteiger partial charge in [-0.25, -0.2) is 9.37 Å². The second-order valence-corrected chi connectivity index (χ2v) is 5.84. The van der Waals surface area contributed by atoms with Gasteiger partial charge in [0.05, 0.1) is 22.8 Å². The van der Waals surface area contributed by atoms with Crippen molar-refractivity contribution < 1.29 is 4.39 Å². The highest BCUT2D eigenvalue weighted by atomic mass is 32.1. The molecule has 2 aromatic heterocycles. The molecule has 0 N–H and O–H groups in total. The molecule has 2 nitrogen and oxygen atoms in total. The molecule has 0 atom stereocenters. The van der Waals surface area contributed by atoms with Gasteiger partial charge in [-0.1, -0.05) is 19.9 Å². The van der Waals surface area contributed by atoms with E-state index in [1.165, 1.54) is 6.07 Å². The van der Waals surface area contributed by atoms with Crippen molar-refractivity contribution >= 4 is 22.2 Å². The van der Waals surface area contributed by atoms with Crippen LogP contribution in [-0.2, 0) is 6.54 Å². The zero-order valence-electron chi connectivity index (χ0n) is 10.9. The van der Waals surface area contributed by atoms with Crippen LogP contribution < -0.4 is 0 Å². The second kappa shape index (κ2) is 4.78. The van der Waals surface area contributed by atoms with Gasteiger partial charge >= 0.3 is 0 Å². The predicted octanol–water partition coefficient (Wildman–Crippen LogP) is 4.41. The monoisotopic (exact) mass is 274 g/mol. The molecule has 0 saturated carbocycles. The summed E-state index contributed by atoms with van der Waals surface area (Å²) in [5.41, 5.74) is 1.95. The maximum Gasteiger partial charge on any atom is 0.132 e. The molecule has 0 aliphatic heterocycles. The summed E-state index contributed by atoms with van der Waals surface area (Å²) in [6, 6.07) is 7.00. The molecule has 2 heterocycles. The Morgan fingerprint density at radius 2 is 2.16 bits per heavy atom. The first-order valence-electron chi connectivity index (χ1n) is 6.33. The van der Waals surface area contributed by atoms with E-state index in [1.54, 1.807) is 17.4 Å². The zero-order valence-corrected chi connectivity index (χ0v) is 11.7. The average Bonchev–Trinajstić information content (AvgIpc) is 2.98. The first kappa shape index (κ1) is 12.4. The summed E-state index contributed by atoms with van der Waals surface area (Å²) in [6.07, 6.45) is 1.92. The smallest absolute Gasteiger partial charge is 0.132 e. The molecule has 98 valence electrons. The van der Waals surface area contributed by atoms with Crippen molar-refractivity contribution in [1.29, 1.82) is 0 Å². The third-order valence-electron chi connectivity index (χ3n) is 3.16. The minimum Gasteiger partial charge on any atom is -0.341 e. The molecule has 0 aliphatic carbocycles. The van der Waals surface area contributed by atoms with Crippen molar-refractivity contribution in [3.8, 4) is 0 Å². The summed E-state index contributed by atoms with van der Waals surface area (Å²) in [6.45, 7) is 4.97. The summed E-state index contributed by atoms with van der Waals surface area (Å²) < 4.78 is 15.7. The topological polar surface area (TPSA) is 17.8 Å². The van der Waals surface area contributed by atoms with Crippen LogP contribution in [0.5, 0.6) is 0 Å². The first-order valence-corrected chi connectivity index (χ1v) is 7.21. The molecule has 3 rings (SSSR count). The largest absolute Gasteiger partial charge is 0.341 e. The lowest BCUT2D eigenvalue weighted by molar-refractivity contribution is 0.639. The van der Waals surface area contributed by atoms with Crippen LogP contribution in [0, 0.1) is 5.82 Å². The fraction of sp³-hybridized carbons (Fsp3) is 0.267. The zero-order chi connectivity index (χ0) is 13.4. The van der Waals surface area contributed by atoms with E-state index in [1.807, 2.05) is 22.9 Å². The number of aromatic nitrogens is 2. The predicted molar refractivity (Wildman–Crippen MR) is 77.2 cm³/mol. The molecule has 19 heavy (non-hydrogen) atoms. The summed E-state index contributed by atoms with van der Waals surface area (Å²) in [4.78, 5) is 4.62. The van der Waals surface area contributed by atoms with Gasteiger partial charge in [0.25, 0.3) is 0 Å². The molecule has 0 amide bonds. The number of hydrogen-bond acceptors (Lipinski definition) is 2. The van der Waals surface area contributed by atoms with E-state index in [0.717, 1.165) is 16.2 Å². The minimum absolute atomic E-state index is 0.169. The van der Waals surface area contributed by atoms with Gasteiger partial charge < -0.3 is 4.57 Å². The lowest BCUT2D eigenvalue weighted by Crippen LogP contribution is -1.99. The van der Waals surface area contributed by atoms with E-state index in [0.29, 0.717) is 17.8 Å². The molecule has 0 fully saturated rings.